The number of ether oxygens (including phenoxy) is 1. The number of pyridine rings is 1. The summed E-state index contributed by atoms with van der Waals surface area (Å²) in [6.45, 7) is 4.33. The second-order valence-electron chi connectivity index (χ2n) is 8.40. The van der Waals surface area contributed by atoms with Crippen molar-refractivity contribution >= 4 is 22.5 Å². The van der Waals surface area contributed by atoms with Crippen LogP contribution in [0.2, 0.25) is 0 Å². The van der Waals surface area contributed by atoms with Gasteiger partial charge in [-0.3, -0.25) is 9.78 Å². The molecule has 0 bridgehead atoms. The lowest BCUT2D eigenvalue weighted by atomic mass is 9.91. The number of likely N-dealkylation sites (tertiary alicyclic amines) is 1. The monoisotopic (exact) mass is 457 g/mol. The van der Waals surface area contributed by atoms with Crippen LogP contribution in [0.3, 0.4) is 0 Å². The normalized spacial score (nSPS) is 19.3. The highest BCUT2D eigenvalue weighted by atomic mass is 19.3. The van der Waals surface area contributed by atoms with E-state index < -0.39 is 29.4 Å². The minimum absolute atomic E-state index is 0.000570. The first-order chi connectivity index (χ1) is 15.8. The summed E-state index contributed by atoms with van der Waals surface area (Å²) in [4.78, 5) is 18.0. The summed E-state index contributed by atoms with van der Waals surface area (Å²) in [7, 11) is 1.64. The molecule has 1 saturated heterocycles. The standard InChI is InChI=1S/C25H26F3N3O2/c1-15(18-5-4-6-19(23(18)26)24(27)28)30-22-9-11-29-21-8-7-17(13-20(21)22)25(33-3)10-12-31(14-25)16(2)32/h4-9,11,13,15,24H,10,12,14H2,1-3H3,(H,29,30)/t15-,25?/m1/s1. The lowest BCUT2D eigenvalue weighted by Gasteiger charge is -2.29. The number of carbonyl (C=O) groups is 1. The summed E-state index contributed by atoms with van der Waals surface area (Å²) in [5, 5.41) is 4.05. The van der Waals surface area contributed by atoms with Crippen LogP contribution in [0.15, 0.2) is 48.7 Å². The predicted octanol–water partition coefficient (Wildman–Crippen LogP) is 5.58. The van der Waals surface area contributed by atoms with Crippen LogP contribution in [-0.2, 0) is 15.1 Å². The van der Waals surface area contributed by atoms with Crippen molar-refractivity contribution in [2.75, 3.05) is 25.5 Å². The van der Waals surface area contributed by atoms with Crippen LogP contribution in [0.1, 0.15) is 49.4 Å². The van der Waals surface area contributed by atoms with Crippen molar-refractivity contribution in [3.63, 3.8) is 0 Å². The number of halogens is 3. The summed E-state index contributed by atoms with van der Waals surface area (Å²) in [5.41, 5.74) is 1.26. The van der Waals surface area contributed by atoms with Crippen LogP contribution in [0.4, 0.5) is 18.9 Å². The number of hydrogen-bond donors (Lipinski definition) is 1. The fraction of sp³-hybridized carbons (Fsp3) is 0.360. The maximum atomic E-state index is 14.7. The molecule has 2 aromatic carbocycles. The van der Waals surface area contributed by atoms with Crippen molar-refractivity contribution in [1.29, 1.82) is 0 Å². The van der Waals surface area contributed by atoms with E-state index in [1.54, 1.807) is 38.1 Å². The van der Waals surface area contributed by atoms with E-state index in [0.29, 0.717) is 25.2 Å². The molecule has 1 aromatic heterocycles. The summed E-state index contributed by atoms with van der Waals surface area (Å²) in [6, 6.07) is 11.0. The van der Waals surface area contributed by atoms with Gasteiger partial charge in [0.15, 0.2) is 0 Å². The molecule has 33 heavy (non-hydrogen) atoms. The number of nitrogens with zero attached hydrogens (tertiary/aromatic N) is 2. The Morgan fingerprint density at radius 3 is 2.64 bits per heavy atom. The molecule has 0 spiro atoms. The number of carbonyl (C=O) groups excluding carboxylic acids is 1. The van der Waals surface area contributed by atoms with Crippen LogP contribution in [0.25, 0.3) is 10.9 Å². The number of benzene rings is 2. The van der Waals surface area contributed by atoms with Gasteiger partial charge in [0.25, 0.3) is 6.43 Å². The largest absolute Gasteiger partial charge is 0.378 e. The molecule has 0 radical (unpaired) electrons. The molecule has 2 atom stereocenters. The van der Waals surface area contributed by atoms with Crippen molar-refractivity contribution in [2.45, 2.75) is 38.3 Å². The minimum atomic E-state index is -2.88. The third-order valence-electron chi connectivity index (χ3n) is 6.47. The Kier molecular flexibility index (Phi) is 6.30. The molecule has 174 valence electrons. The number of aromatic nitrogens is 1. The van der Waals surface area contributed by atoms with Gasteiger partial charge in [0.05, 0.1) is 23.7 Å². The number of hydrogen-bond acceptors (Lipinski definition) is 4. The van der Waals surface area contributed by atoms with Crippen molar-refractivity contribution in [3.05, 3.63) is 71.2 Å². The molecule has 8 heteroatoms. The fourth-order valence-corrected chi connectivity index (χ4v) is 4.51. The maximum absolute atomic E-state index is 14.7. The van der Waals surface area contributed by atoms with Crippen LogP contribution >= 0.6 is 0 Å². The average molecular weight is 457 g/mol. The van der Waals surface area contributed by atoms with E-state index in [9.17, 15) is 18.0 Å². The molecule has 3 aromatic rings. The molecule has 1 amide bonds. The molecule has 0 aliphatic carbocycles. The van der Waals surface area contributed by atoms with Crippen LogP contribution < -0.4 is 5.32 Å². The molecule has 5 nitrogen and oxygen atoms in total. The Morgan fingerprint density at radius 2 is 1.97 bits per heavy atom. The lowest BCUT2D eigenvalue weighted by Crippen LogP contribution is -2.34. The quantitative estimate of drug-likeness (QED) is 0.525. The van der Waals surface area contributed by atoms with Gasteiger partial charge in [-0.1, -0.05) is 24.3 Å². The Bertz CT molecular complexity index is 1190. The van der Waals surface area contributed by atoms with E-state index in [4.69, 9.17) is 4.74 Å². The van der Waals surface area contributed by atoms with Crippen molar-refractivity contribution in [3.8, 4) is 0 Å². The van der Waals surface area contributed by atoms with E-state index in [1.165, 1.54) is 12.1 Å². The molecular formula is C25H26F3N3O2. The summed E-state index contributed by atoms with van der Waals surface area (Å²) in [6.07, 6.45) is -0.574. The van der Waals surface area contributed by atoms with Gasteiger partial charge < -0.3 is 15.0 Å². The predicted molar refractivity (Wildman–Crippen MR) is 121 cm³/mol. The Morgan fingerprint density at radius 1 is 1.21 bits per heavy atom. The fourth-order valence-electron chi connectivity index (χ4n) is 4.51. The first kappa shape index (κ1) is 23.0. The van der Waals surface area contributed by atoms with Crippen LogP contribution in [0, 0.1) is 5.82 Å². The molecule has 1 fully saturated rings. The lowest BCUT2D eigenvalue weighted by molar-refractivity contribution is -0.129. The third kappa shape index (κ3) is 4.27. The summed E-state index contributed by atoms with van der Waals surface area (Å²) in [5.74, 6) is -0.902. The van der Waals surface area contributed by atoms with E-state index in [0.717, 1.165) is 22.5 Å². The Balaban J connectivity index is 1.70. The maximum Gasteiger partial charge on any atom is 0.266 e. The van der Waals surface area contributed by atoms with Crippen molar-refractivity contribution in [1.82, 2.24) is 9.88 Å². The molecule has 1 aliphatic rings. The number of anilines is 1. The molecule has 1 unspecified atom stereocenters. The molecular weight excluding hydrogens is 431 g/mol. The zero-order valence-electron chi connectivity index (χ0n) is 18.7. The van der Waals surface area contributed by atoms with Gasteiger partial charge in [0, 0.05) is 43.4 Å². The van der Waals surface area contributed by atoms with Gasteiger partial charge in [0.2, 0.25) is 5.91 Å². The average Bonchev–Trinajstić information content (AvgIpc) is 3.25. The van der Waals surface area contributed by atoms with Gasteiger partial charge in [0.1, 0.15) is 11.4 Å². The molecule has 1 N–H and O–H groups in total. The number of amides is 1. The zero-order chi connectivity index (χ0) is 23.8. The molecule has 0 saturated carbocycles. The number of nitrogens with one attached hydrogen (secondary N) is 1. The first-order valence-corrected chi connectivity index (χ1v) is 10.8. The molecule has 2 heterocycles. The molecule has 4 rings (SSSR count). The van der Waals surface area contributed by atoms with Crippen LogP contribution in [0.5, 0.6) is 0 Å². The third-order valence-corrected chi connectivity index (χ3v) is 6.47. The van der Waals surface area contributed by atoms with E-state index >= 15 is 0 Å². The minimum Gasteiger partial charge on any atom is -0.378 e. The number of fused-ring (bicyclic) bond motifs is 1. The van der Waals surface area contributed by atoms with Gasteiger partial charge in [-0.2, -0.15) is 0 Å². The van der Waals surface area contributed by atoms with E-state index in [1.807, 2.05) is 18.2 Å². The van der Waals surface area contributed by atoms with Crippen molar-refractivity contribution in [2.24, 2.45) is 0 Å². The van der Waals surface area contributed by atoms with Gasteiger partial charge >= 0.3 is 0 Å². The second kappa shape index (κ2) is 9.02. The second-order valence-corrected chi connectivity index (χ2v) is 8.40. The van der Waals surface area contributed by atoms with Crippen LogP contribution in [-0.4, -0.2) is 36.0 Å². The summed E-state index contributed by atoms with van der Waals surface area (Å²) >= 11 is 0. The zero-order valence-corrected chi connectivity index (χ0v) is 18.7. The Labute approximate surface area is 190 Å². The van der Waals surface area contributed by atoms with Crippen molar-refractivity contribution < 1.29 is 22.7 Å². The van der Waals surface area contributed by atoms with E-state index in [2.05, 4.69) is 10.3 Å². The SMILES string of the molecule is COC1(c2ccc3nccc(N[C@H](C)c4cccc(C(F)F)c4F)c3c2)CCN(C(C)=O)C1. The van der Waals surface area contributed by atoms with Gasteiger partial charge in [-0.05, 0) is 37.1 Å². The summed E-state index contributed by atoms with van der Waals surface area (Å²) < 4.78 is 46.9. The first-order valence-electron chi connectivity index (χ1n) is 10.8. The highest BCUT2D eigenvalue weighted by molar-refractivity contribution is 5.92. The number of rotatable bonds is 6. The highest BCUT2D eigenvalue weighted by Gasteiger charge is 2.41. The number of alkyl halides is 2. The smallest absolute Gasteiger partial charge is 0.266 e. The molecule has 1 aliphatic heterocycles. The topological polar surface area (TPSA) is 54.5 Å². The highest BCUT2D eigenvalue weighted by Crippen LogP contribution is 2.38. The van der Waals surface area contributed by atoms with E-state index in [-0.39, 0.29) is 11.5 Å². The number of methoxy groups -OCH3 is 1. The van der Waals surface area contributed by atoms with Gasteiger partial charge in [-0.15, -0.1) is 0 Å². The Hall–Kier alpha value is -3.13. The van der Waals surface area contributed by atoms with Gasteiger partial charge in [-0.25, -0.2) is 13.2 Å².